The summed E-state index contributed by atoms with van der Waals surface area (Å²) >= 11 is 0. The summed E-state index contributed by atoms with van der Waals surface area (Å²) in [6.07, 6.45) is 3.69. The van der Waals surface area contributed by atoms with Crippen LogP contribution in [-0.2, 0) is 11.8 Å². The highest BCUT2D eigenvalue weighted by molar-refractivity contribution is 5.01. The minimum atomic E-state index is -0.162. The number of aromatic nitrogens is 2. The number of hydrogen-bond acceptors (Lipinski definition) is 3. The molecule has 0 saturated heterocycles. The Labute approximate surface area is 91.4 Å². The van der Waals surface area contributed by atoms with Crippen LogP contribution in [0.5, 0.6) is 0 Å². The molecule has 1 heterocycles. The summed E-state index contributed by atoms with van der Waals surface area (Å²) in [5.41, 5.74) is 6.16. The molecule has 0 fully saturated rings. The van der Waals surface area contributed by atoms with Gasteiger partial charge in [0.05, 0.1) is 12.1 Å². The molecule has 2 N–H and O–H groups in total. The SMILES string of the molecule is CCOC(C(C)C)C(N)c1nccn1C. The molecule has 1 aromatic rings. The predicted molar refractivity (Wildman–Crippen MR) is 60.4 cm³/mol. The molecular formula is C11H21N3O. The van der Waals surface area contributed by atoms with Gasteiger partial charge in [0.25, 0.3) is 0 Å². The Balaban J connectivity index is 2.80. The Hall–Kier alpha value is -0.870. The third kappa shape index (κ3) is 2.79. The molecule has 15 heavy (non-hydrogen) atoms. The highest BCUT2D eigenvalue weighted by atomic mass is 16.5. The zero-order chi connectivity index (χ0) is 11.4. The van der Waals surface area contributed by atoms with Gasteiger partial charge in [-0.3, -0.25) is 0 Å². The van der Waals surface area contributed by atoms with Crippen molar-refractivity contribution in [1.82, 2.24) is 9.55 Å². The van der Waals surface area contributed by atoms with E-state index in [1.54, 1.807) is 6.20 Å². The summed E-state index contributed by atoms with van der Waals surface area (Å²) in [5, 5.41) is 0. The largest absolute Gasteiger partial charge is 0.376 e. The van der Waals surface area contributed by atoms with E-state index in [2.05, 4.69) is 18.8 Å². The molecule has 0 bridgehead atoms. The molecular weight excluding hydrogens is 190 g/mol. The number of nitrogens with two attached hydrogens (primary N) is 1. The summed E-state index contributed by atoms with van der Waals surface area (Å²) < 4.78 is 7.61. The van der Waals surface area contributed by atoms with Crippen molar-refractivity contribution >= 4 is 0 Å². The number of rotatable bonds is 5. The van der Waals surface area contributed by atoms with Gasteiger partial charge >= 0.3 is 0 Å². The van der Waals surface area contributed by atoms with Crippen LogP contribution in [0.4, 0.5) is 0 Å². The molecule has 0 aliphatic carbocycles. The van der Waals surface area contributed by atoms with Crippen molar-refractivity contribution in [3.05, 3.63) is 18.2 Å². The van der Waals surface area contributed by atoms with E-state index in [1.165, 1.54) is 0 Å². The summed E-state index contributed by atoms with van der Waals surface area (Å²) in [6.45, 7) is 6.90. The standard InChI is InChI=1S/C11H21N3O/c1-5-15-10(8(2)3)9(12)11-13-6-7-14(11)4/h6-10H,5,12H2,1-4H3. The van der Waals surface area contributed by atoms with Crippen molar-refractivity contribution in [3.8, 4) is 0 Å². The van der Waals surface area contributed by atoms with Crippen molar-refractivity contribution < 1.29 is 4.74 Å². The van der Waals surface area contributed by atoms with E-state index in [4.69, 9.17) is 10.5 Å². The van der Waals surface area contributed by atoms with Crippen LogP contribution in [0.15, 0.2) is 12.4 Å². The first-order valence-corrected chi connectivity index (χ1v) is 5.42. The fourth-order valence-electron chi connectivity index (χ4n) is 1.75. The third-order valence-corrected chi connectivity index (χ3v) is 2.53. The molecule has 4 nitrogen and oxygen atoms in total. The van der Waals surface area contributed by atoms with Gasteiger partial charge in [0.15, 0.2) is 0 Å². The second kappa shape index (κ2) is 5.28. The lowest BCUT2D eigenvalue weighted by molar-refractivity contribution is 0.00974. The predicted octanol–water partition coefficient (Wildman–Crippen LogP) is 1.48. The van der Waals surface area contributed by atoms with Gasteiger partial charge in [0.1, 0.15) is 5.82 Å². The van der Waals surface area contributed by atoms with E-state index in [0.29, 0.717) is 12.5 Å². The Kier molecular flexibility index (Phi) is 4.29. The zero-order valence-corrected chi connectivity index (χ0v) is 9.97. The molecule has 0 amide bonds. The second-order valence-electron chi connectivity index (χ2n) is 4.09. The van der Waals surface area contributed by atoms with E-state index in [0.717, 1.165) is 5.82 Å². The normalized spacial score (nSPS) is 15.6. The molecule has 2 unspecified atom stereocenters. The Morgan fingerprint density at radius 3 is 2.60 bits per heavy atom. The second-order valence-corrected chi connectivity index (χ2v) is 4.09. The molecule has 0 aromatic carbocycles. The molecule has 0 aliphatic rings. The molecule has 0 radical (unpaired) electrons. The fourth-order valence-corrected chi connectivity index (χ4v) is 1.75. The molecule has 0 saturated carbocycles. The van der Waals surface area contributed by atoms with Gasteiger partial charge in [-0.15, -0.1) is 0 Å². The lowest BCUT2D eigenvalue weighted by Crippen LogP contribution is -2.35. The van der Waals surface area contributed by atoms with Crippen LogP contribution >= 0.6 is 0 Å². The first kappa shape index (κ1) is 12.2. The van der Waals surface area contributed by atoms with E-state index < -0.39 is 0 Å². The minimum absolute atomic E-state index is 0.0242. The monoisotopic (exact) mass is 211 g/mol. The van der Waals surface area contributed by atoms with Gasteiger partial charge in [0, 0.05) is 26.0 Å². The summed E-state index contributed by atoms with van der Waals surface area (Å²) in [4.78, 5) is 4.26. The fraction of sp³-hybridized carbons (Fsp3) is 0.727. The Morgan fingerprint density at radius 1 is 1.53 bits per heavy atom. The van der Waals surface area contributed by atoms with Gasteiger partial charge in [-0.25, -0.2) is 4.98 Å². The van der Waals surface area contributed by atoms with Gasteiger partial charge in [-0.1, -0.05) is 13.8 Å². The quantitative estimate of drug-likeness (QED) is 0.802. The summed E-state index contributed by atoms with van der Waals surface area (Å²) in [6, 6.07) is -0.162. The van der Waals surface area contributed by atoms with Crippen LogP contribution in [0.25, 0.3) is 0 Å². The average Bonchev–Trinajstić information content (AvgIpc) is 2.59. The first-order valence-electron chi connectivity index (χ1n) is 5.42. The maximum Gasteiger partial charge on any atom is 0.128 e. The van der Waals surface area contributed by atoms with Crippen LogP contribution < -0.4 is 5.73 Å². The van der Waals surface area contributed by atoms with Gasteiger partial charge in [-0.2, -0.15) is 0 Å². The molecule has 1 aromatic heterocycles. The topological polar surface area (TPSA) is 53.1 Å². The number of nitrogens with zero attached hydrogens (tertiary/aromatic N) is 2. The zero-order valence-electron chi connectivity index (χ0n) is 9.97. The summed E-state index contributed by atoms with van der Waals surface area (Å²) in [5.74, 6) is 1.26. The molecule has 1 rings (SSSR count). The lowest BCUT2D eigenvalue weighted by Gasteiger charge is -2.26. The number of ether oxygens (including phenoxy) is 1. The highest BCUT2D eigenvalue weighted by Gasteiger charge is 2.25. The Morgan fingerprint density at radius 2 is 2.20 bits per heavy atom. The molecule has 4 heteroatoms. The van der Waals surface area contributed by atoms with Gasteiger partial charge in [-0.05, 0) is 12.8 Å². The van der Waals surface area contributed by atoms with E-state index in [-0.39, 0.29) is 12.1 Å². The van der Waals surface area contributed by atoms with Crippen molar-refractivity contribution in [2.45, 2.75) is 32.9 Å². The minimum Gasteiger partial charge on any atom is -0.376 e. The van der Waals surface area contributed by atoms with Crippen LogP contribution in [0.1, 0.15) is 32.6 Å². The van der Waals surface area contributed by atoms with Crippen LogP contribution in [0.2, 0.25) is 0 Å². The molecule has 0 spiro atoms. The molecule has 86 valence electrons. The van der Waals surface area contributed by atoms with Gasteiger partial charge < -0.3 is 15.0 Å². The van der Waals surface area contributed by atoms with Crippen LogP contribution in [0, 0.1) is 5.92 Å². The maximum absolute atomic E-state index is 6.16. The number of aryl methyl sites for hydroxylation is 1. The van der Waals surface area contributed by atoms with Crippen LogP contribution in [-0.4, -0.2) is 22.3 Å². The van der Waals surface area contributed by atoms with Gasteiger partial charge in [0.2, 0.25) is 0 Å². The summed E-state index contributed by atoms with van der Waals surface area (Å²) in [7, 11) is 1.95. The van der Waals surface area contributed by atoms with Crippen molar-refractivity contribution in [3.63, 3.8) is 0 Å². The van der Waals surface area contributed by atoms with Crippen molar-refractivity contribution in [1.29, 1.82) is 0 Å². The third-order valence-electron chi connectivity index (χ3n) is 2.53. The van der Waals surface area contributed by atoms with Crippen molar-refractivity contribution in [2.24, 2.45) is 18.7 Å². The van der Waals surface area contributed by atoms with E-state index >= 15 is 0 Å². The van der Waals surface area contributed by atoms with E-state index in [9.17, 15) is 0 Å². The highest BCUT2D eigenvalue weighted by Crippen LogP contribution is 2.20. The number of imidazole rings is 1. The van der Waals surface area contributed by atoms with Crippen LogP contribution in [0.3, 0.4) is 0 Å². The number of hydrogen-bond donors (Lipinski definition) is 1. The van der Waals surface area contributed by atoms with Crippen molar-refractivity contribution in [2.75, 3.05) is 6.61 Å². The smallest absolute Gasteiger partial charge is 0.128 e. The molecule has 2 atom stereocenters. The first-order chi connectivity index (χ1) is 7.07. The maximum atomic E-state index is 6.16. The lowest BCUT2D eigenvalue weighted by atomic mass is 9.99. The molecule has 0 aliphatic heterocycles. The Bertz CT molecular complexity index is 296. The van der Waals surface area contributed by atoms with E-state index in [1.807, 2.05) is 24.7 Å². The average molecular weight is 211 g/mol.